The minimum absolute atomic E-state index is 0.0810. The van der Waals surface area contributed by atoms with Crippen molar-refractivity contribution in [1.82, 2.24) is 0 Å². The van der Waals surface area contributed by atoms with E-state index in [4.69, 9.17) is 17.2 Å². The molecule has 1 aliphatic rings. The van der Waals surface area contributed by atoms with Gasteiger partial charge in [-0.15, -0.1) is 0 Å². The van der Waals surface area contributed by atoms with Crippen molar-refractivity contribution in [3.05, 3.63) is 0 Å². The van der Waals surface area contributed by atoms with Gasteiger partial charge < -0.3 is 17.2 Å². The van der Waals surface area contributed by atoms with Gasteiger partial charge in [0.2, 0.25) is 0 Å². The monoisotopic (exact) mass is 185 g/mol. The maximum atomic E-state index is 6.03. The first-order chi connectivity index (χ1) is 5.99. The predicted octanol–water partition coefficient (Wildman–Crippen LogP) is 0.569. The predicted molar refractivity (Wildman–Crippen MR) is 56.2 cm³/mol. The van der Waals surface area contributed by atoms with Crippen LogP contribution in [0, 0.1) is 5.41 Å². The summed E-state index contributed by atoms with van der Waals surface area (Å²) in [5.41, 5.74) is 18.1. The minimum atomic E-state index is 0.0810. The lowest BCUT2D eigenvalue weighted by atomic mass is 9.64. The summed E-state index contributed by atoms with van der Waals surface area (Å²) in [4.78, 5) is 0. The van der Waals surface area contributed by atoms with Gasteiger partial charge in [-0.25, -0.2) is 0 Å². The Balaban J connectivity index is 2.77. The molecule has 3 atom stereocenters. The van der Waals surface area contributed by atoms with E-state index in [0.29, 0.717) is 6.04 Å². The van der Waals surface area contributed by atoms with Gasteiger partial charge in [0.25, 0.3) is 0 Å². The second kappa shape index (κ2) is 3.95. The van der Waals surface area contributed by atoms with E-state index in [1.165, 1.54) is 6.42 Å². The molecule has 6 N–H and O–H groups in total. The standard InChI is InChI=1S/C10H23N3/c1-7(11)10(8(2)12)5-3-4-9(13)6-10/h7-9H,3-6,11-13H2,1-2H3. The van der Waals surface area contributed by atoms with Crippen LogP contribution in [-0.4, -0.2) is 18.1 Å². The first kappa shape index (κ1) is 11.0. The fourth-order valence-corrected chi connectivity index (χ4v) is 2.63. The first-order valence-corrected chi connectivity index (χ1v) is 5.26. The van der Waals surface area contributed by atoms with Gasteiger partial charge in [-0.2, -0.15) is 0 Å². The van der Waals surface area contributed by atoms with Crippen LogP contribution in [0.15, 0.2) is 0 Å². The van der Waals surface area contributed by atoms with Crippen LogP contribution >= 0.6 is 0 Å². The number of hydrogen-bond acceptors (Lipinski definition) is 3. The van der Waals surface area contributed by atoms with Gasteiger partial charge in [0.05, 0.1) is 0 Å². The Labute approximate surface area is 81.0 Å². The van der Waals surface area contributed by atoms with Crippen LogP contribution in [0.5, 0.6) is 0 Å². The molecule has 0 spiro atoms. The van der Waals surface area contributed by atoms with E-state index in [1.54, 1.807) is 0 Å². The van der Waals surface area contributed by atoms with Gasteiger partial charge in [0.1, 0.15) is 0 Å². The maximum absolute atomic E-state index is 6.03. The van der Waals surface area contributed by atoms with Gasteiger partial charge in [-0.05, 0) is 33.1 Å². The van der Waals surface area contributed by atoms with E-state index in [2.05, 4.69) is 13.8 Å². The molecule has 0 saturated heterocycles. The molecule has 13 heavy (non-hydrogen) atoms. The van der Waals surface area contributed by atoms with Crippen LogP contribution < -0.4 is 17.2 Å². The van der Waals surface area contributed by atoms with Crippen molar-refractivity contribution in [2.45, 2.75) is 57.7 Å². The Bertz CT molecular complexity index is 158. The average molecular weight is 185 g/mol. The second-order valence-corrected chi connectivity index (χ2v) is 4.67. The zero-order chi connectivity index (χ0) is 10.1. The molecule has 3 unspecified atom stereocenters. The highest BCUT2D eigenvalue weighted by Gasteiger charge is 2.41. The van der Waals surface area contributed by atoms with Crippen LogP contribution in [0.3, 0.4) is 0 Å². The molecular formula is C10H23N3. The van der Waals surface area contributed by atoms with Crippen molar-refractivity contribution in [1.29, 1.82) is 0 Å². The zero-order valence-electron chi connectivity index (χ0n) is 8.79. The third-order valence-corrected chi connectivity index (χ3v) is 3.67. The normalized spacial score (nSPS) is 39.9. The van der Waals surface area contributed by atoms with E-state index in [1.807, 2.05) is 0 Å². The van der Waals surface area contributed by atoms with Gasteiger partial charge in [-0.1, -0.05) is 6.42 Å². The molecule has 0 radical (unpaired) electrons. The summed E-state index contributed by atoms with van der Waals surface area (Å²) in [6, 6.07) is 0.600. The van der Waals surface area contributed by atoms with Crippen LogP contribution in [0.4, 0.5) is 0 Å². The van der Waals surface area contributed by atoms with Gasteiger partial charge >= 0.3 is 0 Å². The lowest BCUT2D eigenvalue weighted by Crippen LogP contribution is -2.55. The molecule has 1 rings (SSSR count). The van der Waals surface area contributed by atoms with Crippen LogP contribution in [0.25, 0.3) is 0 Å². The SMILES string of the molecule is CC(N)C1(C(C)N)CCCC(N)C1. The highest BCUT2D eigenvalue weighted by molar-refractivity contribution is 4.98. The molecule has 3 heteroatoms. The molecule has 0 aromatic carbocycles. The average Bonchev–Trinajstić information content (AvgIpc) is 2.03. The lowest BCUT2D eigenvalue weighted by molar-refractivity contribution is 0.109. The van der Waals surface area contributed by atoms with Gasteiger partial charge in [0.15, 0.2) is 0 Å². The van der Waals surface area contributed by atoms with E-state index in [-0.39, 0.29) is 17.5 Å². The lowest BCUT2D eigenvalue weighted by Gasteiger charge is -2.46. The third-order valence-electron chi connectivity index (χ3n) is 3.67. The van der Waals surface area contributed by atoms with Crippen LogP contribution in [0.2, 0.25) is 0 Å². The Morgan fingerprint density at radius 1 is 1.23 bits per heavy atom. The highest BCUT2D eigenvalue weighted by Crippen LogP contribution is 2.40. The topological polar surface area (TPSA) is 78.1 Å². The van der Waals surface area contributed by atoms with Crippen LogP contribution in [-0.2, 0) is 0 Å². The number of rotatable bonds is 2. The molecule has 0 aliphatic heterocycles. The molecule has 1 fully saturated rings. The van der Waals surface area contributed by atoms with E-state index >= 15 is 0 Å². The van der Waals surface area contributed by atoms with Crippen molar-refractivity contribution in [2.75, 3.05) is 0 Å². The first-order valence-electron chi connectivity index (χ1n) is 5.26. The maximum Gasteiger partial charge on any atom is 0.00823 e. The van der Waals surface area contributed by atoms with E-state index in [0.717, 1.165) is 19.3 Å². The molecule has 0 heterocycles. The summed E-state index contributed by atoms with van der Waals surface area (Å²) in [5, 5.41) is 0. The van der Waals surface area contributed by atoms with Crippen molar-refractivity contribution in [3.63, 3.8) is 0 Å². The molecule has 1 aliphatic carbocycles. The number of hydrogen-bond donors (Lipinski definition) is 3. The zero-order valence-corrected chi connectivity index (χ0v) is 8.79. The van der Waals surface area contributed by atoms with Gasteiger partial charge in [-0.3, -0.25) is 0 Å². The van der Waals surface area contributed by atoms with E-state index < -0.39 is 0 Å². The summed E-state index contributed by atoms with van der Waals surface area (Å²) in [5.74, 6) is 0. The quantitative estimate of drug-likeness (QED) is 0.588. The molecule has 3 nitrogen and oxygen atoms in total. The molecule has 0 amide bonds. The van der Waals surface area contributed by atoms with Crippen molar-refractivity contribution in [2.24, 2.45) is 22.6 Å². The summed E-state index contributed by atoms with van der Waals surface area (Å²) in [6.07, 6.45) is 4.42. The molecule has 1 saturated carbocycles. The third kappa shape index (κ3) is 2.03. The fraction of sp³-hybridized carbons (Fsp3) is 1.00. The summed E-state index contributed by atoms with van der Waals surface area (Å²) in [6.45, 7) is 4.11. The molecule has 78 valence electrons. The van der Waals surface area contributed by atoms with Crippen molar-refractivity contribution >= 4 is 0 Å². The summed E-state index contributed by atoms with van der Waals surface area (Å²) < 4.78 is 0. The Morgan fingerprint density at radius 2 is 1.77 bits per heavy atom. The Morgan fingerprint density at radius 3 is 2.08 bits per heavy atom. The smallest absolute Gasteiger partial charge is 0.00823 e. The van der Waals surface area contributed by atoms with Crippen LogP contribution in [0.1, 0.15) is 39.5 Å². The van der Waals surface area contributed by atoms with Crippen molar-refractivity contribution in [3.8, 4) is 0 Å². The molecular weight excluding hydrogens is 162 g/mol. The Hall–Kier alpha value is -0.120. The largest absolute Gasteiger partial charge is 0.328 e. The highest BCUT2D eigenvalue weighted by atomic mass is 14.8. The summed E-state index contributed by atoms with van der Waals surface area (Å²) >= 11 is 0. The fourth-order valence-electron chi connectivity index (χ4n) is 2.63. The number of nitrogens with two attached hydrogens (primary N) is 3. The molecule has 0 aromatic heterocycles. The minimum Gasteiger partial charge on any atom is -0.328 e. The van der Waals surface area contributed by atoms with E-state index in [9.17, 15) is 0 Å². The molecule has 0 aromatic rings. The van der Waals surface area contributed by atoms with Gasteiger partial charge in [0, 0.05) is 23.5 Å². The second-order valence-electron chi connectivity index (χ2n) is 4.67. The molecule has 0 bridgehead atoms. The Kier molecular flexibility index (Phi) is 3.33. The summed E-state index contributed by atoms with van der Waals surface area (Å²) in [7, 11) is 0. The van der Waals surface area contributed by atoms with Crippen molar-refractivity contribution < 1.29 is 0 Å².